The van der Waals surface area contributed by atoms with E-state index in [4.69, 9.17) is 0 Å². The van der Waals surface area contributed by atoms with Crippen LogP contribution < -0.4 is 5.32 Å². The molecular formula is C18H28N2O2. The summed E-state index contributed by atoms with van der Waals surface area (Å²) in [6, 6.07) is 6.22. The number of nitrogens with one attached hydrogen (secondary N) is 1. The Balaban J connectivity index is 2.16. The number of nitrogens with zero attached hydrogens (tertiary/aromatic N) is 1. The lowest BCUT2D eigenvalue weighted by atomic mass is 10.0. The van der Waals surface area contributed by atoms with Crippen molar-refractivity contribution in [1.82, 2.24) is 4.90 Å². The van der Waals surface area contributed by atoms with Crippen LogP contribution in [0.4, 0.5) is 5.69 Å². The molecule has 1 aliphatic heterocycles. The summed E-state index contributed by atoms with van der Waals surface area (Å²) in [5, 5.41) is 13.1. The molecule has 0 aromatic heterocycles. The number of anilines is 1. The van der Waals surface area contributed by atoms with Crippen molar-refractivity contribution in [3.8, 4) is 0 Å². The molecule has 1 saturated heterocycles. The molecule has 1 aliphatic rings. The van der Waals surface area contributed by atoms with E-state index >= 15 is 0 Å². The van der Waals surface area contributed by atoms with Crippen molar-refractivity contribution in [2.75, 3.05) is 18.4 Å². The minimum Gasteiger partial charge on any atom is -0.393 e. The Morgan fingerprint density at radius 1 is 1.27 bits per heavy atom. The first-order valence-electron chi connectivity index (χ1n) is 8.23. The maximum atomic E-state index is 12.7. The number of carbonyl (C=O) groups excluding carboxylic acids is 1. The Morgan fingerprint density at radius 2 is 1.91 bits per heavy atom. The van der Waals surface area contributed by atoms with Gasteiger partial charge in [0.05, 0.1) is 6.10 Å². The van der Waals surface area contributed by atoms with Crippen molar-refractivity contribution >= 4 is 11.6 Å². The van der Waals surface area contributed by atoms with Crippen LogP contribution in [0.15, 0.2) is 18.2 Å². The highest BCUT2D eigenvalue weighted by molar-refractivity contribution is 5.97. The number of benzene rings is 1. The van der Waals surface area contributed by atoms with Crippen LogP contribution in [0.5, 0.6) is 0 Å². The molecule has 0 aliphatic carbocycles. The van der Waals surface area contributed by atoms with Crippen LogP contribution in [-0.2, 0) is 0 Å². The van der Waals surface area contributed by atoms with Crippen LogP contribution in [0.25, 0.3) is 0 Å². The lowest BCUT2D eigenvalue weighted by molar-refractivity contribution is 0.0546. The van der Waals surface area contributed by atoms with Gasteiger partial charge >= 0.3 is 0 Å². The molecule has 1 atom stereocenters. The molecule has 2 rings (SSSR count). The van der Waals surface area contributed by atoms with E-state index in [1.54, 1.807) is 0 Å². The second kappa shape index (κ2) is 7.14. The molecule has 4 heteroatoms. The standard InChI is InChI=1S/C18H28N2O2/c1-12(2)14(4)19-17-7-5-6-16(13(17)3)18(22)20-10-8-15(21)9-11-20/h5-7,12,14-15,19,21H,8-11H2,1-4H3. The Bertz CT molecular complexity index is 520. The fraction of sp³-hybridized carbons (Fsp3) is 0.611. The zero-order valence-corrected chi connectivity index (χ0v) is 14.1. The summed E-state index contributed by atoms with van der Waals surface area (Å²) in [6.45, 7) is 9.80. The minimum absolute atomic E-state index is 0.0743. The highest BCUT2D eigenvalue weighted by Gasteiger charge is 2.24. The van der Waals surface area contributed by atoms with E-state index in [0.29, 0.717) is 37.9 Å². The largest absolute Gasteiger partial charge is 0.393 e. The van der Waals surface area contributed by atoms with Crippen molar-refractivity contribution in [1.29, 1.82) is 0 Å². The molecule has 2 N–H and O–H groups in total. The highest BCUT2D eigenvalue weighted by atomic mass is 16.3. The van der Waals surface area contributed by atoms with Gasteiger partial charge in [0.1, 0.15) is 0 Å². The average molecular weight is 304 g/mol. The van der Waals surface area contributed by atoms with Gasteiger partial charge in [-0.1, -0.05) is 19.9 Å². The number of carbonyl (C=O) groups is 1. The highest BCUT2D eigenvalue weighted by Crippen LogP contribution is 2.23. The minimum atomic E-state index is -0.259. The number of piperidine rings is 1. The average Bonchev–Trinajstić information content (AvgIpc) is 2.49. The molecule has 0 spiro atoms. The number of hydrogen-bond acceptors (Lipinski definition) is 3. The maximum Gasteiger partial charge on any atom is 0.254 e. The molecule has 1 heterocycles. The lowest BCUT2D eigenvalue weighted by Gasteiger charge is -2.30. The third-order valence-electron chi connectivity index (χ3n) is 4.70. The number of rotatable bonds is 4. The van der Waals surface area contributed by atoms with E-state index < -0.39 is 0 Å². The van der Waals surface area contributed by atoms with Crippen LogP contribution >= 0.6 is 0 Å². The molecule has 22 heavy (non-hydrogen) atoms. The van der Waals surface area contributed by atoms with Crippen molar-refractivity contribution in [2.45, 2.75) is 52.7 Å². The molecule has 1 aromatic rings. The van der Waals surface area contributed by atoms with Crippen LogP contribution in [0.1, 0.15) is 49.5 Å². The van der Waals surface area contributed by atoms with Gasteiger partial charge in [-0.05, 0) is 50.3 Å². The predicted octanol–water partition coefficient (Wildman–Crippen LogP) is 3.05. The molecular weight excluding hydrogens is 276 g/mol. The van der Waals surface area contributed by atoms with E-state index in [1.807, 2.05) is 30.0 Å². The van der Waals surface area contributed by atoms with Gasteiger partial charge in [0.2, 0.25) is 0 Å². The van der Waals surface area contributed by atoms with Crippen LogP contribution in [0.3, 0.4) is 0 Å². The first kappa shape index (κ1) is 16.8. The molecule has 1 aromatic carbocycles. The van der Waals surface area contributed by atoms with Gasteiger partial charge < -0.3 is 15.3 Å². The van der Waals surface area contributed by atoms with E-state index in [0.717, 1.165) is 16.8 Å². The SMILES string of the molecule is Cc1c(NC(C)C(C)C)cccc1C(=O)N1CCC(O)CC1. The summed E-state index contributed by atoms with van der Waals surface area (Å²) < 4.78 is 0. The Morgan fingerprint density at radius 3 is 2.50 bits per heavy atom. The molecule has 0 saturated carbocycles. The predicted molar refractivity (Wildman–Crippen MR) is 90.2 cm³/mol. The normalized spacial score (nSPS) is 17.6. The smallest absolute Gasteiger partial charge is 0.254 e. The van der Waals surface area contributed by atoms with Gasteiger partial charge in [-0.2, -0.15) is 0 Å². The molecule has 1 unspecified atom stereocenters. The van der Waals surface area contributed by atoms with Crippen LogP contribution in [0.2, 0.25) is 0 Å². The quantitative estimate of drug-likeness (QED) is 0.899. The van der Waals surface area contributed by atoms with Crippen molar-refractivity contribution in [2.24, 2.45) is 5.92 Å². The maximum absolute atomic E-state index is 12.7. The number of likely N-dealkylation sites (tertiary alicyclic amines) is 1. The second-order valence-electron chi connectivity index (χ2n) is 6.68. The fourth-order valence-electron chi connectivity index (χ4n) is 2.67. The Hall–Kier alpha value is -1.55. The van der Waals surface area contributed by atoms with E-state index in [1.165, 1.54) is 0 Å². The summed E-state index contributed by atoms with van der Waals surface area (Å²) in [5.41, 5.74) is 2.80. The van der Waals surface area contributed by atoms with Gasteiger partial charge in [0.15, 0.2) is 0 Å². The third kappa shape index (κ3) is 3.80. The van der Waals surface area contributed by atoms with E-state index in [-0.39, 0.29) is 12.0 Å². The number of aliphatic hydroxyl groups is 1. The number of hydrogen-bond donors (Lipinski definition) is 2. The van der Waals surface area contributed by atoms with E-state index in [2.05, 4.69) is 26.1 Å². The molecule has 4 nitrogen and oxygen atoms in total. The molecule has 1 amide bonds. The lowest BCUT2D eigenvalue weighted by Crippen LogP contribution is -2.40. The van der Waals surface area contributed by atoms with Gasteiger partial charge in [0, 0.05) is 30.4 Å². The van der Waals surface area contributed by atoms with Gasteiger partial charge in [-0.25, -0.2) is 0 Å². The Labute approximate surface area is 133 Å². The summed E-state index contributed by atoms with van der Waals surface area (Å²) in [7, 11) is 0. The van der Waals surface area contributed by atoms with Crippen molar-refractivity contribution in [3.63, 3.8) is 0 Å². The molecule has 1 fully saturated rings. The summed E-state index contributed by atoms with van der Waals surface area (Å²) in [4.78, 5) is 14.6. The summed E-state index contributed by atoms with van der Waals surface area (Å²) in [5.74, 6) is 0.604. The van der Waals surface area contributed by atoms with Crippen molar-refractivity contribution in [3.05, 3.63) is 29.3 Å². The van der Waals surface area contributed by atoms with Gasteiger partial charge in [-0.3, -0.25) is 4.79 Å². The molecule has 0 bridgehead atoms. The Kier molecular flexibility index (Phi) is 5.46. The third-order valence-corrected chi connectivity index (χ3v) is 4.70. The molecule has 0 radical (unpaired) electrons. The van der Waals surface area contributed by atoms with Crippen LogP contribution in [0, 0.1) is 12.8 Å². The second-order valence-corrected chi connectivity index (χ2v) is 6.68. The zero-order valence-electron chi connectivity index (χ0n) is 14.1. The first-order valence-corrected chi connectivity index (χ1v) is 8.23. The fourth-order valence-corrected chi connectivity index (χ4v) is 2.67. The van der Waals surface area contributed by atoms with Crippen LogP contribution in [-0.4, -0.2) is 41.1 Å². The monoisotopic (exact) mass is 304 g/mol. The first-order chi connectivity index (χ1) is 10.4. The van der Waals surface area contributed by atoms with Gasteiger partial charge in [-0.15, -0.1) is 0 Å². The van der Waals surface area contributed by atoms with Gasteiger partial charge in [0.25, 0.3) is 5.91 Å². The topological polar surface area (TPSA) is 52.6 Å². The summed E-state index contributed by atoms with van der Waals surface area (Å²) in [6.07, 6.45) is 1.09. The zero-order chi connectivity index (χ0) is 16.3. The molecule has 122 valence electrons. The van der Waals surface area contributed by atoms with Crippen molar-refractivity contribution < 1.29 is 9.90 Å². The summed E-state index contributed by atoms with van der Waals surface area (Å²) >= 11 is 0. The van der Waals surface area contributed by atoms with E-state index in [9.17, 15) is 9.90 Å². The number of aliphatic hydroxyl groups excluding tert-OH is 1. The number of amides is 1.